The average molecular weight is 313 g/mol. The van der Waals surface area contributed by atoms with Crippen LogP contribution in [-0.4, -0.2) is 32.1 Å². The molecule has 1 saturated heterocycles. The maximum Gasteiger partial charge on any atom is 0.337 e. The summed E-state index contributed by atoms with van der Waals surface area (Å²) < 4.78 is 4.62. The van der Waals surface area contributed by atoms with E-state index in [1.54, 1.807) is 24.3 Å². The summed E-state index contributed by atoms with van der Waals surface area (Å²) in [6.45, 7) is 2.07. The number of benzene rings is 1. The van der Waals surface area contributed by atoms with Crippen molar-refractivity contribution in [2.75, 3.05) is 25.5 Å². The third-order valence-electron chi connectivity index (χ3n) is 3.53. The van der Waals surface area contributed by atoms with Gasteiger partial charge in [0.15, 0.2) is 0 Å². The molecule has 5 nitrogen and oxygen atoms in total. The highest BCUT2D eigenvalue weighted by molar-refractivity contribution is 5.93. The molecule has 2 N–H and O–H groups in total. The van der Waals surface area contributed by atoms with Crippen LogP contribution in [0.3, 0.4) is 0 Å². The zero-order valence-corrected chi connectivity index (χ0v) is 12.9. The van der Waals surface area contributed by atoms with Gasteiger partial charge in [-0.25, -0.2) is 4.79 Å². The first-order chi connectivity index (χ1) is 9.69. The topological polar surface area (TPSA) is 67.4 Å². The molecular weight excluding hydrogens is 292 g/mol. The van der Waals surface area contributed by atoms with Crippen molar-refractivity contribution >= 4 is 30.0 Å². The van der Waals surface area contributed by atoms with Crippen molar-refractivity contribution in [2.24, 2.45) is 5.92 Å². The number of esters is 1. The summed E-state index contributed by atoms with van der Waals surface area (Å²) in [5.41, 5.74) is 1.18. The van der Waals surface area contributed by atoms with Gasteiger partial charge in [0, 0.05) is 12.1 Å². The van der Waals surface area contributed by atoms with Gasteiger partial charge in [-0.2, -0.15) is 0 Å². The number of nitrogens with one attached hydrogen (secondary N) is 2. The molecule has 1 unspecified atom stereocenters. The summed E-state index contributed by atoms with van der Waals surface area (Å²) in [6, 6.07) is 6.70. The number of anilines is 1. The smallest absolute Gasteiger partial charge is 0.337 e. The van der Waals surface area contributed by atoms with E-state index in [0.29, 0.717) is 23.6 Å². The summed E-state index contributed by atoms with van der Waals surface area (Å²) in [5, 5.41) is 6.13. The lowest BCUT2D eigenvalue weighted by Gasteiger charge is -2.09. The lowest BCUT2D eigenvalue weighted by Crippen LogP contribution is -2.15. The fraction of sp³-hybridized carbons (Fsp3) is 0.467. The number of amides is 1. The maximum atomic E-state index is 11.8. The van der Waals surface area contributed by atoms with Crippen LogP contribution in [0, 0.1) is 5.92 Å². The van der Waals surface area contributed by atoms with Gasteiger partial charge < -0.3 is 15.4 Å². The summed E-state index contributed by atoms with van der Waals surface area (Å²) in [5.74, 6) is 0.252. The molecule has 0 bridgehead atoms. The Kier molecular flexibility index (Phi) is 7.19. The highest BCUT2D eigenvalue weighted by Gasteiger charge is 2.15. The van der Waals surface area contributed by atoms with Crippen molar-refractivity contribution < 1.29 is 14.3 Å². The van der Waals surface area contributed by atoms with Crippen LogP contribution in [0.25, 0.3) is 0 Å². The van der Waals surface area contributed by atoms with Gasteiger partial charge in [-0.1, -0.05) is 0 Å². The van der Waals surface area contributed by atoms with E-state index in [4.69, 9.17) is 0 Å². The second-order valence-electron chi connectivity index (χ2n) is 5.01. The quantitative estimate of drug-likeness (QED) is 0.818. The molecule has 1 aliphatic rings. The van der Waals surface area contributed by atoms with E-state index in [2.05, 4.69) is 15.4 Å². The Morgan fingerprint density at radius 1 is 1.33 bits per heavy atom. The largest absolute Gasteiger partial charge is 0.465 e. The van der Waals surface area contributed by atoms with E-state index in [9.17, 15) is 9.59 Å². The molecule has 1 aromatic carbocycles. The van der Waals surface area contributed by atoms with E-state index in [1.165, 1.54) is 7.11 Å². The Balaban J connectivity index is 0.00000220. The minimum absolute atomic E-state index is 0. The van der Waals surface area contributed by atoms with Crippen LogP contribution in [0.4, 0.5) is 5.69 Å². The van der Waals surface area contributed by atoms with Gasteiger partial charge in [0.1, 0.15) is 0 Å². The lowest BCUT2D eigenvalue weighted by atomic mass is 10.0. The Hall–Kier alpha value is -1.59. The van der Waals surface area contributed by atoms with E-state index >= 15 is 0 Å². The number of rotatable bonds is 5. The zero-order valence-electron chi connectivity index (χ0n) is 12.1. The minimum atomic E-state index is -0.378. The molecule has 1 fully saturated rings. The third kappa shape index (κ3) is 5.36. The minimum Gasteiger partial charge on any atom is -0.465 e. The Morgan fingerprint density at radius 3 is 2.62 bits per heavy atom. The molecule has 1 heterocycles. The molecule has 1 aliphatic heterocycles. The molecular formula is C15H21ClN2O3. The number of carbonyl (C=O) groups excluding carboxylic acids is 2. The number of carbonyl (C=O) groups is 2. The number of hydrogen-bond donors (Lipinski definition) is 2. The number of methoxy groups -OCH3 is 1. The second kappa shape index (κ2) is 8.64. The zero-order chi connectivity index (χ0) is 14.4. The summed E-state index contributed by atoms with van der Waals surface area (Å²) >= 11 is 0. The molecule has 1 aromatic rings. The first-order valence-electron chi connectivity index (χ1n) is 6.88. The molecule has 0 aliphatic carbocycles. The Labute approximate surface area is 130 Å². The number of hydrogen-bond acceptors (Lipinski definition) is 4. The summed E-state index contributed by atoms with van der Waals surface area (Å²) in [7, 11) is 1.34. The standard InChI is InChI=1S/C15H20N2O3.ClH/c1-20-15(19)12-3-5-13(6-4-12)17-14(18)7-2-11-8-9-16-10-11;/h3-6,11,16H,2,7-10H2,1H3,(H,17,18);1H. The normalized spacial score (nSPS) is 16.9. The van der Waals surface area contributed by atoms with E-state index < -0.39 is 0 Å². The van der Waals surface area contributed by atoms with Crippen molar-refractivity contribution in [1.29, 1.82) is 0 Å². The molecule has 2 rings (SSSR count). The van der Waals surface area contributed by atoms with Crippen LogP contribution in [0.15, 0.2) is 24.3 Å². The molecule has 0 radical (unpaired) electrons. The number of ether oxygens (including phenoxy) is 1. The van der Waals surface area contributed by atoms with Gasteiger partial charge in [-0.3, -0.25) is 4.79 Å². The van der Waals surface area contributed by atoms with Crippen molar-refractivity contribution in [3.05, 3.63) is 29.8 Å². The lowest BCUT2D eigenvalue weighted by molar-refractivity contribution is -0.116. The average Bonchev–Trinajstić information content (AvgIpc) is 2.98. The molecule has 0 saturated carbocycles. The molecule has 21 heavy (non-hydrogen) atoms. The molecule has 1 amide bonds. The van der Waals surface area contributed by atoms with Gasteiger partial charge in [-0.15, -0.1) is 12.4 Å². The molecule has 0 spiro atoms. The second-order valence-corrected chi connectivity index (χ2v) is 5.01. The van der Waals surface area contributed by atoms with Crippen molar-refractivity contribution in [1.82, 2.24) is 5.32 Å². The van der Waals surface area contributed by atoms with Crippen LogP contribution < -0.4 is 10.6 Å². The maximum absolute atomic E-state index is 11.8. The van der Waals surface area contributed by atoms with Gasteiger partial charge >= 0.3 is 5.97 Å². The highest BCUT2D eigenvalue weighted by Crippen LogP contribution is 2.16. The molecule has 1 atom stereocenters. The predicted molar refractivity (Wildman–Crippen MR) is 83.9 cm³/mol. The fourth-order valence-corrected chi connectivity index (χ4v) is 2.33. The highest BCUT2D eigenvalue weighted by atomic mass is 35.5. The van der Waals surface area contributed by atoms with Gasteiger partial charge in [0.05, 0.1) is 12.7 Å². The number of halogens is 1. The van der Waals surface area contributed by atoms with Crippen LogP contribution in [-0.2, 0) is 9.53 Å². The molecule has 6 heteroatoms. The van der Waals surface area contributed by atoms with Crippen LogP contribution in [0.2, 0.25) is 0 Å². The molecule has 116 valence electrons. The van der Waals surface area contributed by atoms with Crippen molar-refractivity contribution in [3.63, 3.8) is 0 Å². The van der Waals surface area contributed by atoms with E-state index in [0.717, 1.165) is 25.9 Å². The van der Waals surface area contributed by atoms with E-state index in [-0.39, 0.29) is 24.3 Å². The van der Waals surface area contributed by atoms with Gasteiger partial charge in [0.25, 0.3) is 0 Å². The van der Waals surface area contributed by atoms with Crippen LogP contribution in [0.1, 0.15) is 29.6 Å². The fourth-order valence-electron chi connectivity index (χ4n) is 2.33. The predicted octanol–water partition coefficient (Wildman–Crippen LogP) is 2.22. The molecule has 0 aromatic heterocycles. The van der Waals surface area contributed by atoms with Crippen LogP contribution in [0.5, 0.6) is 0 Å². The van der Waals surface area contributed by atoms with Crippen molar-refractivity contribution in [2.45, 2.75) is 19.3 Å². The first-order valence-corrected chi connectivity index (χ1v) is 6.88. The monoisotopic (exact) mass is 312 g/mol. The van der Waals surface area contributed by atoms with E-state index in [1.807, 2.05) is 0 Å². The van der Waals surface area contributed by atoms with Crippen LogP contribution >= 0.6 is 12.4 Å². The van der Waals surface area contributed by atoms with Gasteiger partial charge in [-0.05, 0) is 56.1 Å². The summed E-state index contributed by atoms with van der Waals surface area (Å²) in [6.07, 6.45) is 2.60. The first kappa shape index (κ1) is 17.5. The Bertz CT molecular complexity index is 470. The van der Waals surface area contributed by atoms with Crippen molar-refractivity contribution in [3.8, 4) is 0 Å². The van der Waals surface area contributed by atoms with Gasteiger partial charge in [0.2, 0.25) is 5.91 Å². The summed E-state index contributed by atoms with van der Waals surface area (Å²) in [4.78, 5) is 23.1. The Morgan fingerprint density at radius 2 is 2.05 bits per heavy atom. The SMILES string of the molecule is COC(=O)c1ccc(NC(=O)CCC2CCNC2)cc1.Cl. The third-order valence-corrected chi connectivity index (χ3v) is 3.53.